The average molecular weight is 304 g/mol. The van der Waals surface area contributed by atoms with Gasteiger partial charge in [0.25, 0.3) is 0 Å². The van der Waals surface area contributed by atoms with E-state index in [-0.39, 0.29) is 0 Å². The summed E-state index contributed by atoms with van der Waals surface area (Å²) in [6.07, 6.45) is 0. The van der Waals surface area contributed by atoms with Crippen LogP contribution in [0.4, 0.5) is 0 Å². The van der Waals surface area contributed by atoms with Gasteiger partial charge in [-0.15, -0.1) is 11.3 Å². The molecule has 1 heterocycles. The highest BCUT2D eigenvalue weighted by atomic mass is 35.5. The lowest BCUT2D eigenvalue weighted by atomic mass is 10.1. The molecule has 3 aromatic rings. The molecule has 4 heteroatoms. The minimum Gasteiger partial charge on any atom is -0.489 e. The third-order valence-electron chi connectivity index (χ3n) is 3.16. The smallest absolute Gasteiger partial charge is 0.119 e. The Labute approximate surface area is 126 Å². The maximum absolute atomic E-state index is 5.86. The van der Waals surface area contributed by atoms with Gasteiger partial charge < -0.3 is 10.5 Å². The number of rotatable bonds is 4. The predicted molar refractivity (Wildman–Crippen MR) is 85.5 cm³/mol. The molecule has 2 aromatic carbocycles. The summed E-state index contributed by atoms with van der Waals surface area (Å²) in [4.78, 5) is 0. The van der Waals surface area contributed by atoms with Gasteiger partial charge in [-0.2, -0.15) is 0 Å². The maximum atomic E-state index is 5.86. The summed E-state index contributed by atoms with van der Waals surface area (Å²) in [5, 5.41) is 4.08. The standard InChI is InChI=1S/C16H14ClNOS/c17-13-2-4-14(5-3-13)19-9-12-10-20-16-6-1-11(8-18)7-15(12)16/h1-7,10H,8-9,18H2. The topological polar surface area (TPSA) is 35.2 Å². The Bertz CT molecular complexity index is 721. The number of hydrogen-bond donors (Lipinski definition) is 1. The minimum absolute atomic E-state index is 0.551. The quantitative estimate of drug-likeness (QED) is 0.765. The SMILES string of the molecule is NCc1ccc2scc(COc3ccc(Cl)cc3)c2c1. The molecule has 20 heavy (non-hydrogen) atoms. The summed E-state index contributed by atoms with van der Waals surface area (Å²) in [6, 6.07) is 13.7. The van der Waals surface area contributed by atoms with E-state index >= 15 is 0 Å². The van der Waals surface area contributed by atoms with Crippen LogP contribution in [0.2, 0.25) is 5.02 Å². The molecule has 1 aromatic heterocycles. The molecule has 2 N–H and O–H groups in total. The number of nitrogens with two attached hydrogens (primary N) is 1. The molecule has 0 bridgehead atoms. The molecule has 0 aliphatic heterocycles. The van der Waals surface area contributed by atoms with Gasteiger partial charge in [0.2, 0.25) is 0 Å². The van der Waals surface area contributed by atoms with Crippen molar-refractivity contribution in [3.63, 3.8) is 0 Å². The van der Waals surface area contributed by atoms with Crippen molar-refractivity contribution in [2.75, 3.05) is 0 Å². The summed E-state index contributed by atoms with van der Waals surface area (Å²) in [6.45, 7) is 1.11. The van der Waals surface area contributed by atoms with E-state index in [1.54, 1.807) is 11.3 Å². The highest BCUT2D eigenvalue weighted by molar-refractivity contribution is 7.17. The molecule has 0 unspecified atom stereocenters. The Morgan fingerprint density at radius 2 is 1.90 bits per heavy atom. The predicted octanol–water partition coefficient (Wildman–Crippen LogP) is 4.59. The molecule has 3 rings (SSSR count). The van der Waals surface area contributed by atoms with Gasteiger partial charge in [0.15, 0.2) is 0 Å². The largest absolute Gasteiger partial charge is 0.489 e. The van der Waals surface area contributed by atoms with Crippen LogP contribution in [0.15, 0.2) is 47.8 Å². The minimum atomic E-state index is 0.551. The van der Waals surface area contributed by atoms with Crippen molar-refractivity contribution in [3.05, 3.63) is 64.0 Å². The summed E-state index contributed by atoms with van der Waals surface area (Å²) in [5.41, 5.74) is 8.03. The number of ether oxygens (including phenoxy) is 1. The van der Waals surface area contributed by atoms with E-state index in [9.17, 15) is 0 Å². The zero-order valence-corrected chi connectivity index (χ0v) is 12.4. The Hall–Kier alpha value is -1.55. The van der Waals surface area contributed by atoms with Crippen LogP contribution < -0.4 is 10.5 Å². The number of hydrogen-bond acceptors (Lipinski definition) is 3. The molecule has 0 saturated heterocycles. The van der Waals surface area contributed by atoms with Crippen LogP contribution in [-0.2, 0) is 13.2 Å². The van der Waals surface area contributed by atoms with Crippen LogP contribution in [0.5, 0.6) is 5.75 Å². The molecule has 0 fully saturated rings. The first-order chi connectivity index (χ1) is 9.76. The molecular formula is C16H14ClNOS. The molecule has 0 atom stereocenters. The van der Waals surface area contributed by atoms with Crippen LogP contribution in [-0.4, -0.2) is 0 Å². The van der Waals surface area contributed by atoms with Crippen LogP contribution in [0, 0.1) is 0 Å². The first-order valence-corrected chi connectivity index (χ1v) is 7.59. The second kappa shape index (κ2) is 5.83. The first kappa shape index (κ1) is 13.4. The molecule has 0 spiro atoms. The van der Waals surface area contributed by atoms with Gasteiger partial charge in [-0.25, -0.2) is 0 Å². The fraction of sp³-hybridized carbons (Fsp3) is 0.125. The van der Waals surface area contributed by atoms with Crippen LogP contribution in [0.3, 0.4) is 0 Å². The lowest BCUT2D eigenvalue weighted by Crippen LogP contribution is -1.97. The van der Waals surface area contributed by atoms with Crippen molar-refractivity contribution in [1.82, 2.24) is 0 Å². The molecular weight excluding hydrogens is 290 g/mol. The molecule has 102 valence electrons. The second-order valence-electron chi connectivity index (χ2n) is 4.54. The van der Waals surface area contributed by atoms with E-state index in [4.69, 9.17) is 22.1 Å². The Morgan fingerprint density at radius 3 is 2.65 bits per heavy atom. The Kier molecular flexibility index (Phi) is 3.92. The third-order valence-corrected chi connectivity index (χ3v) is 4.43. The summed E-state index contributed by atoms with van der Waals surface area (Å²) in [5.74, 6) is 0.823. The first-order valence-electron chi connectivity index (χ1n) is 6.34. The highest BCUT2D eigenvalue weighted by Crippen LogP contribution is 2.28. The molecule has 0 saturated carbocycles. The normalized spacial score (nSPS) is 10.9. The van der Waals surface area contributed by atoms with E-state index in [1.165, 1.54) is 15.6 Å². The van der Waals surface area contributed by atoms with Crippen LogP contribution in [0.1, 0.15) is 11.1 Å². The van der Waals surface area contributed by atoms with E-state index in [2.05, 4.69) is 23.6 Å². The fourth-order valence-corrected chi connectivity index (χ4v) is 3.11. The monoisotopic (exact) mass is 303 g/mol. The van der Waals surface area contributed by atoms with Crippen molar-refractivity contribution >= 4 is 33.0 Å². The number of benzene rings is 2. The second-order valence-corrected chi connectivity index (χ2v) is 5.89. The molecule has 2 nitrogen and oxygen atoms in total. The van der Waals surface area contributed by atoms with Crippen molar-refractivity contribution in [3.8, 4) is 5.75 Å². The highest BCUT2D eigenvalue weighted by Gasteiger charge is 2.06. The van der Waals surface area contributed by atoms with Crippen LogP contribution >= 0.6 is 22.9 Å². The fourth-order valence-electron chi connectivity index (χ4n) is 2.06. The average Bonchev–Trinajstić information content (AvgIpc) is 2.89. The zero-order chi connectivity index (χ0) is 13.9. The summed E-state index contributed by atoms with van der Waals surface area (Å²) < 4.78 is 7.06. The van der Waals surface area contributed by atoms with Crippen molar-refractivity contribution < 1.29 is 4.74 Å². The summed E-state index contributed by atoms with van der Waals surface area (Å²) >= 11 is 7.59. The van der Waals surface area contributed by atoms with Crippen molar-refractivity contribution in [2.45, 2.75) is 13.2 Å². The van der Waals surface area contributed by atoms with E-state index in [0.29, 0.717) is 18.2 Å². The van der Waals surface area contributed by atoms with E-state index in [0.717, 1.165) is 11.3 Å². The lowest BCUT2D eigenvalue weighted by molar-refractivity contribution is 0.308. The van der Waals surface area contributed by atoms with Gasteiger partial charge in [0.05, 0.1) is 0 Å². The van der Waals surface area contributed by atoms with Gasteiger partial charge in [-0.3, -0.25) is 0 Å². The Balaban J connectivity index is 1.81. The van der Waals surface area contributed by atoms with E-state index in [1.807, 2.05) is 24.3 Å². The molecule has 0 amide bonds. The van der Waals surface area contributed by atoms with Crippen LogP contribution in [0.25, 0.3) is 10.1 Å². The third kappa shape index (κ3) is 2.80. The number of halogens is 1. The van der Waals surface area contributed by atoms with Gasteiger partial charge in [-0.05, 0) is 52.7 Å². The van der Waals surface area contributed by atoms with Gasteiger partial charge in [0, 0.05) is 21.8 Å². The number of thiophene rings is 1. The van der Waals surface area contributed by atoms with Crippen molar-refractivity contribution in [1.29, 1.82) is 0 Å². The lowest BCUT2D eigenvalue weighted by Gasteiger charge is -2.06. The maximum Gasteiger partial charge on any atom is 0.119 e. The van der Waals surface area contributed by atoms with Gasteiger partial charge in [-0.1, -0.05) is 17.7 Å². The number of fused-ring (bicyclic) bond motifs is 1. The van der Waals surface area contributed by atoms with Crippen molar-refractivity contribution in [2.24, 2.45) is 5.73 Å². The van der Waals surface area contributed by atoms with Gasteiger partial charge in [0.1, 0.15) is 12.4 Å². The molecule has 0 aliphatic carbocycles. The zero-order valence-electron chi connectivity index (χ0n) is 10.8. The van der Waals surface area contributed by atoms with E-state index < -0.39 is 0 Å². The molecule has 0 radical (unpaired) electrons. The summed E-state index contributed by atoms with van der Waals surface area (Å²) in [7, 11) is 0. The Morgan fingerprint density at radius 1 is 1.10 bits per heavy atom. The van der Waals surface area contributed by atoms with Gasteiger partial charge >= 0.3 is 0 Å². The molecule has 0 aliphatic rings.